The van der Waals surface area contributed by atoms with Crippen molar-refractivity contribution in [2.24, 2.45) is 0 Å². The lowest BCUT2D eigenvalue weighted by Crippen LogP contribution is -2.56. The van der Waals surface area contributed by atoms with E-state index < -0.39 is 17.4 Å². The van der Waals surface area contributed by atoms with E-state index in [4.69, 9.17) is 9.47 Å². The smallest absolute Gasteiger partial charge is 0.286 e. The van der Waals surface area contributed by atoms with Gasteiger partial charge in [0.1, 0.15) is 13.2 Å². The minimum absolute atomic E-state index is 0.272. The molecule has 2 aromatic rings. The lowest BCUT2D eigenvalue weighted by atomic mass is 10.0. The van der Waals surface area contributed by atoms with E-state index in [2.05, 4.69) is 0 Å². The highest BCUT2D eigenvalue weighted by molar-refractivity contribution is 6.01. The molecule has 2 amide bonds. The van der Waals surface area contributed by atoms with Gasteiger partial charge in [-0.3, -0.25) is 9.59 Å². The molecule has 7 heteroatoms. The molecule has 162 valence electrons. The number of fused-ring (bicyclic) bond motifs is 1. The molecular formula is C24H27N3O4. The van der Waals surface area contributed by atoms with Gasteiger partial charge >= 0.3 is 0 Å². The zero-order valence-corrected chi connectivity index (χ0v) is 18.8. The largest absolute Gasteiger partial charge is 0.486 e. The van der Waals surface area contributed by atoms with Gasteiger partial charge < -0.3 is 9.47 Å². The van der Waals surface area contributed by atoms with Crippen molar-refractivity contribution in [3.8, 4) is 17.7 Å². The van der Waals surface area contributed by atoms with Crippen LogP contribution in [0.15, 0.2) is 30.3 Å². The predicted octanol–water partition coefficient (Wildman–Crippen LogP) is 4.16. The average molecular weight is 421 g/mol. The maximum absolute atomic E-state index is 13.5. The molecule has 0 unspecified atom stereocenters. The van der Waals surface area contributed by atoms with Crippen molar-refractivity contribution in [2.45, 2.75) is 47.1 Å². The van der Waals surface area contributed by atoms with Gasteiger partial charge in [-0.05, 0) is 65.8 Å². The molecule has 0 N–H and O–H groups in total. The van der Waals surface area contributed by atoms with Gasteiger partial charge in [0.05, 0.1) is 5.54 Å². The van der Waals surface area contributed by atoms with Crippen LogP contribution < -0.4 is 9.47 Å². The number of ether oxygens (including phenoxy) is 2. The van der Waals surface area contributed by atoms with Crippen molar-refractivity contribution in [1.29, 1.82) is 5.26 Å². The first kappa shape index (κ1) is 22.2. The second kappa shape index (κ2) is 8.31. The molecule has 0 saturated heterocycles. The Bertz CT molecular complexity index is 1060. The summed E-state index contributed by atoms with van der Waals surface area (Å²) in [6, 6.07) is 8.71. The third kappa shape index (κ3) is 4.33. The Morgan fingerprint density at radius 3 is 2.16 bits per heavy atom. The van der Waals surface area contributed by atoms with E-state index in [-0.39, 0.29) is 5.56 Å². The van der Waals surface area contributed by atoms with Crippen LogP contribution in [0.3, 0.4) is 0 Å². The van der Waals surface area contributed by atoms with Gasteiger partial charge in [-0.15, -0.1) is 5.01 Å². The summed E-state index contributed by atoms with van der Waals surface area (Å²) in [7, 11) is 0. The molecule has 0 spiro atoms. The van der Waals surface area contributed by atoms with E-state index >= 15 is 0 Å². The first-order valence-corrected chi connectivity index (χ1v) is 10.1. The van der Waals surface area contributed by atoms with Crippen LogP contribution in [0.1, 0.15) is 58.2 Å². The van der Waals surface area contributed by atoms with E-state index in [1.54, 1.807) is 52.0 Å². The van der Waals surface area contributed by atoms with Crippen LogP contribution in [0.25, 0.3) is 0 Å². The standard InChI is InChI=1S/C24H27N3O4/c1-15-11-16(2)13-18(12-15)22(28)27(24(4,5)6)26(14-25)23(29)19-7-8-20-21(17(19)3)31-10-9-30-20/h7-8,11-13H,9-10H2,1-6H3. The number of nitriles is 1. The van der Waals surface area contributed by atoms with Gasteiger partial charge in [-0.25, -0.2) is 5.01 Å². The summed E-state index contributed by atoms with van der Waals surface area (Å²) in [6.45, 7) is 11.7. The zero-order valence-electron chi connectivity index (χ0n) is 18.8. The lowest BCUT2D eigenvalue weighted by molar-refractivity contribution is -0.0168. The molecule has 0 aliphatic carbocycles. The molecule has 1 aliphatic heterocycles. The van der Waals surface area contributed by atoms with E-state index in [0.717, 1.165) is 16.1 Å². The molecule has 0 fully saturated rings. The minimum atomic E-state index is -0.832. The Kier molecular flexibility index (Phi) is 5.94. The van der Waals surface area contributed by atoms with Gasteiger partial charge in [0, 0.05) is 16.7 Å². The third-order valence-electron chi connectivity index (χ3n) is 4.97. The molecule has 0 saturated carbocycles. The third-order valence-corrected chi connectivity index (χ3v) is 4.97. The van der Waals surface area contributed by atoms with Crippen molar-refractivity contribution in [3.63, 3.8) is 0 Å². The molecule has 0 atom stereocenters. The number of nitrogens with zero attached hydrogens (tertiary/aromatic N) is 3. The highest BCUT2D eigenvalue weighted by Gasteiger charge is 2.37. The number of aryl methyl sites for hydroxylation is 2. The Morgan fingerprint density at radius 1 is 0.968 bits per heavy atom. The van der Waals surface area contributed by atoms with Crippen molar-refractivity contribution in [2.75, 3.05) is 13.2 Å². The summed E-state index contributed by atoms with van der Waals surface area (Å²) in [6.07, 6.45) is 1.91. The van der Waals surface area contributed by atoms with Gasteiger partial charge in [-0.1, -0.05) is 17.2 Å². The second-order valence-electron chi connectivity index (χ2n) is 8.64. The Labute approximate surface area is 182 Å². The fraction of sp³-hybridized carbons (Fsp3) is 0.375. The summed E-state index contributed by atoms with van der Waals surface area (Å²) in [4.78, 5) is 26.9. The summed E-state index contributed by atoms with van der Waals surface area (Å²) >= 11 is 0. The molecule has 0 aromatic heterocycles. The number of benzene rings is 2. The molecule has 3 rings (SSSR count). The quantitative estimate of drug-likeness (QED) is 0.413. The van der Waals surface area contributed by atoms with Crippen molar-refractivity contribution >= 4 is 11.8 Å². The van der Waals surface area contributed by atoms with Gasteiger partial charge in [0.2, 0.25) is 6.19 Å². The van der Waals surface area contributed by atoms with Gasteiger partial charge in [0.15, 0.2) is 11.5 Å². The van der Waals surface area contributed by atoms with Crippen molar-refractivity contribution < 1.29 is 19.1 Å². The number of hydrogen-bond acceptors (Lipinski definition) is 5. The maximum atomic E-state index is 13.5. The van der Waals surface area contributed by atoms with E-state index in [9.17, 15) is 14.9 Å². The van der Waals surface area contributed by atoms with Crippen LogP contribution in [0, 0.1) is 32.2 Å². The van der Waals surface area contributed by atoms with Crippen LogP contribution in [0.4, 0.5) is 0 Å². The number of hydrazine groups is 1. The summed E-state index contributed by atoms with van der Waals surface area (Å²) < 4.78 is 11.2. The molecule has 1 aliphatic rings. The fourth-order valence-corrected chi connectivity index (χ4v) is 3.70. The SMILES string of the molecule is Cc1cc(C)cc(C(=O)N(N(C#N)C(=O)c2ccc3c(c2C)OCCO3)C(C)(C)C)c1. The van der Waals surface area contributed by atoms with Crippen LogP contribution in [-0.2, 0) is 0 Å². The molecule has 0 bridgehead atoms. The maximum Gasteiger partial charge on any atom is 0.286 e. The molecule has 2 aromatic carbocycles. The van der Waals surface area contributed by atoms with Crippen LogP contribution in [0.2, 0.25) is 0 Å². The highest BCUT2D eigenvalue weighted by Crippen LogP contribution is 2.36. The monoisotopic (exact) mass is 421 g/mol. The number of rotatable bonds is 2. The van der Waals surface area contributed by atoms with Gasteiger partial charge in [0.25, 0.3) is 11.8 Å². The minimum Gasteiger partial charge on any atom is -0.486 e. The van der Waals surface area contributed by atoms with E-state index in [0.29, 0.717) is 35.8 Å². The topological polar surface area (TPSA) is 82.9 Å². The zero-order chi connectivity index (χ0) is 22.9. The average Bonchev–Trinajstić information content (AvgIpc) is 2.70. The molecular weight excluding hydrogens is 394 g/mol. The summed E-state index contributed by atoms with van der Waals surface area (Å²) in [5.41, 5.74) is 2.27. The van der Waals surface area contributed by atoms with Crippen LogP contribution in [0.5, 0.6) is 11.5 Å². The predicted molar refractivity (Wildman–Crippen MR) is 116 cm³/mol. The Hall–Kier alpha value is -3.53. The normalized spacial score (nSPS) is 12.7. The van der Waals surface area contributed by atoms with Crippen molar-refractivity contribution in [1.82, 2.24) is 10.0 Å². The highest BCUT2D eigenvalue weighted by atomic mass is 16.6. The lowest BCUT2D eigenvalue weighted by Gasteiger charge is -2.39. The molecule has 7 nitrogen and oxygen atoms in total. The number of carbonyl (C=O) groups excluding carboxylic acids is 2. The number of amides is 2. The van der Waals surface area contributed by atoms with Gasteiger partial charge in [-0.2, -0.15) is 5.26 Å². The molecule has 1 heterocycles. The summed E-state index contributed by atoms with van der Waals surface area (Å²) in [5, 5.41) is 12.0. The van der Waals surface area contributed by atoms with E-state index in [1.165, 1.54) is 5.01 Å². The molecule has 0 radical (unpaired) electrons. The van der Waals surface area contributed by atoms with Crippen LogP contribution >= 0.6 is 0 Å². The number of hydrogen-bond donors (Lipinski definition) is 0. The van der Waals surface area contributed by atoms with Crippen molar-refractivity contribution in [3.05, 3.63) is 58.1 Å². The Balaban J connectivity index is 2.05. The Morgan fingerprint density at radius 2 is 1.58 bits per heavy atom. The first-order chi connectivity index (χ1) is 14.5. The number of carbonyl (C=O) groups is 2. The molecule has 31 heavy (non-hydrogen) atoms. The summed E-state index contributed by atoms with van der Waals surface area (Å²) in [5.74, 6) is 0.00903. The second-order valence-corrected chi connectivity index (χ2v) is 8.64. The fourth-order valence-electron chi connectivity index (χ4n) is 3.70. The van der Waals surface area contributed by atoms with E-state index in [1.807, 2.05) is 26.1 Å². The van der Waals surface area contributed by atoms with Crippen LogP contribution in [-0.4, -0.2) is 40.6 Å². The first-order valence-electron chi connectivity index (χ1n) is 10.1.